The molecule has 5 heteroatoms. The third kappa shape index (κ3) is 6.42. The molecule has 0 bridgehead atoms. The average molecular weight is 331 g/mol. The first kappa shape index (κ1) is 17.5. The van der Waals surface area contributed by atoms with E-state index in [1.165, 1.54) is 16.0 Å². The quantitative estimate of drug-likeness (QED) is 0.606. The molecule has 0 atom stereocenters. The Morgan fingerprint density at radius 1 is 1.13 bits per heavy atom. The number of thiophene rings is 1. The zero-order valence-corrected chi connectivity index (χ0v) is 15.0. The molecular weight excluding hydrogens is 304 g/mol. The van der Waals surface area contributed by atoms with Crippen molar-refractivity contribution in [2.45, 2.75) is 19.5 Å². The Labute approximate surface area is 143 Å². The molecule has 1 heterocycles. The Morgan fingerprint density at radius 3 is 2.65 bits per heavy atom. The van der Waals surface area contributed by atoms with Crippen LogP contribution in [0.25, 0.3) is 0 Å². The lowest BCUT2D eigenvalue weighted by atomic mass is 10.1. The maximum absolute atomic E-state index is 4.28. The van der Waals surface area contributed by atoms with Crippen LogP contribution < -0.4 is 10.6 Å². The van der Waals surface area contributed by atoms with Crippen molar-refractivity contribution in [1.82, 2.24) is 15.5 Å². The van der Waals surface area contributed by atoms with Gasteiger partial charge in [0.1, 0.15) is 0 Å². The van der Waals surface area contributed by atoms with Gasteiger partial charge >= 0.3 is 0 Å². The molecule has 0 saturated carbocycles. The first-order chi connectivity index (χ1) is 11.2. The van der Waals surface area contributed by atoms with E-state index in [1.54, 1.807) is 11.3 Å². The minimum absolute atomic E-state index is 0.778. The highest BCUT2D eigenvalue weighted by Gasteiger charge is 2.01. The number of guanidine groups is 1. The summed E-state index contributed by atoms with van der Waals surface area (Å²) in [5.74, 6) is 0.847. The first-order valence-electron chi connectivity index (χ1n) is 7.87. The van der Waals surface area contributed by atoms with Gasteiger partial charge in [-0.25, -0.2) is 0 Å². The summed E-state index contributed by atoms with van der Waals surface area (Å²) in [6.45, 7) is 2.63. The van der Waals surface area contributed by atoms with Crippen molar-refractivity contribution >= 4 is 17.3 Å². The predicted molar refractivity (Wildman–Crippen MR) is 100 cm³/mol. The van der Waals surface area contributed by atoms with Crippen molar-refractivity contribution in [2.24, 2.45) is 4.99 Å². The topological polar surface area (TPSA) is 39.7 Å². The maximum atomic E-state index is 4.28. The van der Waals surface area contributed by atoms with Crippen LogP contribution in [0.15, 0.2) is 46.8 Å². The van der Waals surface area contributed by atoms with Crippen LogP contribution >= 0.6 is 11.3 Å². The number of nitrogens with zero attached hydrogens (tertiary/aromatic N) is 2. The van der Waals surface area contributed by atoms with Crippen molar-refractivity contribution in [3.8, 4) is 0 Å². The molecule has 0 aliphatic rings. The standard InChI is InChI=1S/C18H26N4S/c1-19-18(20-10-9-17-8-5-11-23-17)21-13-15-6-4-7-16(12-15)14-22(2)3/h4-8,11-12H,9-10,13-14H2,1-3H3,(H2,19,20,21). The third-order valence-electron chi connectivity index (χ3n) is 3.42. The van der Waals surface area contributed by atoms with Crippen LogP contribution in [-0.2, 0) is 19.5 Å². The largest absolute Gasteiger partial charge is 0.356 e. The monoisotopic (exact) mass is 330 g/mol. The Morgan fingerprint density at radius 2 is 1.96 bits per heavy atom. The zero-order valence-electron chi connectivity index (χ0n) is 14.2. The molecule has 1 aromatic carbocycles. The molecule has 0 spiro atoms. The fourth-order valence-electron chi connectivity index (χ4n) is 2.37. The zero-order chi connectivity index (χ0) is 16.5. The molecular formula is C18H26N4S. The highest BCUT2D eigenvalue weighted by atomic mass is 32.1. The van der Waals surface area contributed by atoms with Crippen molar-refractivity contribution in [3.05, 3.63) is 57.8 Å². The molecule has 0 fully saturated rings. The summed E-state index contributed by atoms with van der Waals surface area (Å²) >= 11 is 1.79. The number of rotatable bonds is 7. The van der Waals surface area contributed by atoms with E-state index in [2.05, 4.69) is 76.4 Å². The number of hydrogen-bond donors (Lipinski definition) is 2. The molecule has 0 amide bonds. The molecule has 4 nitrogen and oxygen atoms in total. The van der Waals surface area contributed by atoms with Gasteiger partial charge < -0.3 is 15.5 Å². The van der Waals surface area contributed by atoms with E-state index in [0.717, 1.165) is 32.0 Å². The lowest BCUT2D eigenvalue weighted by Crippen LogP contribution is -2.37. The molecule has 0 unspecified atom stereocenters. The van der Waals surface area contributed by atoms with Crippen LogP contribution in [0.1, 0.15) is 16.0 Å². The summed E-state index contributed by atoms with van der Waals surface area (Å²) in [5, 5.41) is 8.85. The van der Waals surface area contributed by atoms with Gasteiger partial charge in [0.05, 0.1) is 0 Å². The van der Waals surface area contributed by atoms with E-state index >= 15 is 0 Å². The Kier molecular flexibility index (Phi) is 7.10. The van der Waals surface area contributed by atoms with Gasteiger partial charge in [-0.1, -0.05) is 30.3 Å². The normalized spacial score (nSPS) is 11.7. The van der Waals surface area contributed by atoms with E-state index in [1.807, 2.05) is 7.05 Å². The third-order valence-corrected chi connectivity index (χ3v) is 4.35. The lowest BCUT2D eigenvalue weighted by molar-refractivity contribution is 0.402. The van der Waals surface area contributed by atoms with Crippen LogP contribution in [0.4, 0.5) is 0 Å². The molecule has 2 N–H and O–H groups in total. The number of benzene rings is 1. The summed E-state index contributed by atoms with van der Waals surface area (Å²) in [4.78, 5) is 7.85. The second-order valence-electron chi connectivity index (χ2n) is 5.74. The fraction of sp³-hybridized carbons (Fsp3) is 0.389. The molecule has 0 aliphatic heterocycles. The Hall–Kier alpha value is -1.85. The predicted octanol–water partition coefficient (Wildman–Crippen LogP) is 2.72. The number of hydrogen-bond acceptors (Lipinski definition) is 3. The van der Waals surface area contributed by atoms with Gasteiger partial charge in [0.15, 0.2) is 5.96 Å². The second-order valence-corrected chi connectivity index (χ2v) is 6.77. The summed E-state index contributed by atoms with van der Waals surface area (Å²) in [6.07, 6.45) is 1.02. The summed E-state index contributed by atoms with van der Waals surface area (Å²) in [7, 11) is 5.98. The molecule has 23 heavy (non-hydrogen) atoms. The average Bonchev–Trinajstić information content (AvgIpc) is 3.03. The highest BCUT2D eigenvalue weighted by molar-refractivity contribution is 7.09. The number of nitrogens with one attached hydrogen (secondary N) is 2. The van der Waals surface area contributed by atoms with Gasteiger partial charge in [-0.15, -0.1) is 11.3 Å². The van der Waals surface area contributed by atoms with Crippen molar-refractivity contribution in [1.29, 1.82) is 0 Å². The second kappa shape index (κ2) is 9.33. The van der Waals surface area contributed by atoms with Crippen LogP contribution in [0, 0.1) is 0 Å². The first-order valence-corrected chi connectivity index (χ1v) is 8.75. The fourth-order valence-corrected chi connectivity index (χ4v) is 3.08. The van der Waals surface area contributed by atoms with Crippen LogP contribution in [0.3, 0.4) is 0 Å². The van der Waals surface area contributed by atoms with E-state index in [9.17, 15) is 0 Å². The van der Waals surface area contributed by atoms with Gasteiger partial charge in [0, 0.05) is 31.6 Å². The molecule has 124 valence electrons. The lowest BCUT2D eigenvalue weighted by Gasteiger charge is -2.13. The molecule has 1 aromatic heterocycles. The molecule has 2 aromatic rings. The van der Waals surface area contributed by atoms with Gasteiger partial charge in [-0.05, 0) is 43.1 Å². The van der Waals surface area contributed by atoms with E-state index < -0.39 is 0 Å². The maximum Gasteiger partial charge on any atom is 0.191 e. The summed E-state index contributed by atoms with van der Waals surface area (Å²) in [6, 6.07) is 12.9. The molecule has 0 radical (unpaired) electrons. The van der Waals surface area contributed by atoms with Crippen LogP contribution in [0.2, 0.25) is 0 Å². The minimum Gasteiger partial charge on any atom is -0.356 e. The SMILES string of the molecule is CN=C(NCCc1cccs1)NCc1cccc(CN(C)C)c1. The van der Waals surface area contributed by atoms with Gasteiger partial charge in [0.2, 0.25) is 0 Å². The molecule has 0 saturated heterocycles. The molecule has 2 rings (SSSR count). The van der Waals surface area contributed by atoms with Crippen LogP contribution in [-0.4, -0.2) is 38.5 Å². The number of aliphatic imine (C=N–C) groups is 1. The van der Waals surface area contributed by atoms with Crippen LogP contribution in [0.5, 0.6) is 0 Å². The van der Waals surface area contributed by atoms with Crippen molar-refractivity contribution in [3.63, 3.8) is 0 Å². The van der Waals surface area contributed by atoms with Gasteiger partial charge in [0.25, 0.3) is 0 Å². The van der Waals surface area contributed by atoms with E-state index in [0.29, 0.717) is 0 Å². The van der Waals surface area contributed by atoms with Gasteiger partial charge in [-0.3, -0.25) is 4.99 Å². The van der Waals surface area contributed by atoms with Crippen molar-refractivity contribution < 1.29 is 0 Å². The summed E-state index contributed by atoms with van der Waals surface area (Å²) in [5.41, 5.74) is 2.60. The highest BCUT2D eigenvalue weighted by Crippen LogP contribution is 2.08. The smallest absolute Gasteiger partial charge is 0.191 e. The van der Waals surface area contributed by atoms with E-state index in [4.69, 9.17) is 0 Å². The van der Waals surface area contributed by atoms with Crippen molar-refractivity contribution in [2.75, 3.05) is 27.7 Å². The Bertz CT molecular complexity index is 605. The van der Waals surface area contributed by atoms with Gasteiger partial charge in [-0.2, -0.15) is 0 Å². The minimum atomic E-state index is 0.778. The van der Waals surface area contributed by atoms with E-state index in [-0.39, 0.29) is 0 Å². The summed E-state index contributed by atoms with van der Waals surface area (Å²) < 4.78 is 0. The molecule has 0 aliphatic carbocycles. The Balaban J connectivity index is 1.78.